The van der Waals surface area contributed by atoms with Gasteiger partial charge in [0.25, 0.3) is 0 Å². The first-order valence-corrected chi connectivity index (χ1v) is 3.52. The monoisotopic (exact) mass is 171 g/mol. The molecule has 0 aliphatic carbocycles. The number of halogens is 1. The van der Waals surface area contributed by atoms with E-state index in [0.29, 0.717) is 5.69 Å². The van der Waals surface area contributed by atoms with E-state index in [1.165, 1.54) is 18.2 Å². The van der Waals surface area contributed by atoms with Gasteiger partial charge < -0.3 is 15.6 Å². The predicted molar refractivity (Wildman–Crippen MR) is 43.4 cm³/mol. The van der Waals surface area contributed by atoms with Crippen molar-refractivity contribution in [2.24, 2.45) is 0 Å². The number of hydrogen-bond donors (Lipinski definition) is 2. The van der Waals surface area contributed by atoms with Crippen molar-refractivity contribution in [3.63, 3.8) is 0 Å². The average Bonchev–Trinajstić information content (AvgIpc) is 2.07. The number of aliphatic hydroxyl groups excluding tert-OH is 1. The highest BCUT2D eigenvalue weighted by Crippen LogP contribution is 2.21. The van der Waals surface area contributed by atoms with Crippen molar-refractivity contribution < 1.29 is 14.2 Å². The highest BCUT2D eigenvalue weighted by atomic mass is 19.1. The third-order valence-corrected chi connectivity index (χ3v) is 1.32. The highest BCUT2D eigenvalue weighted by molar-refractivity contribution is 5.52. The number of nitrogens with two attached hydrogens (primary N) is 1. The maximum atomic E-state index is 12.6. The number of rotatable bonds is 3. The van der Waals surface area contributed by atoms with Crippen LogP contribution in [0.1, 0.15) is 0 Å². The smallest absolute Gasteiger partial charge is 0.145 e. The van der Waals surface area contributed by atoms with Gasteiger partial charge in [-0.25, -0.2) is 4.39 Å². The first-order valence-electron chi connectivity index (χ1n) is 3.52. The van der Waals surface area contributed by atoms with E-state index in [9.17, 15) is 4.39 Å². The maximum absolute atomic E-state index is 12.6. The zero-order valence-electron chi connectivity index (χ0n) is 6.46. The van der Waals surface area contributed by atoms with E-state index in [4.69, 9.17) is 15.6 Å². The van der Waals surface area contributed by atoms with Gasteiger partial charge in [0.1, 0.15) is 18.2 Å². The van der Waals surface area contributed by atoms with E-state index in [2.05, 4.69) is 0 Å². The summed E-state index contributed by atoms with van der Waals surface area (Å²) in [5.41, 5.74) is 5.82. The van der Waals surface area contributed by atoms with Crippen LogP contribution in [0, 0.1) is 5.82 Å². The summed E-state index contributed by atoms with van der Waals surface area (Å²) in [5.74, 6) is -0.138. The fourth-order valence-electron chi connectivity index (χ4n) is 0.789. The molecule has 0 fully saturated rings. The Kier molecular flexibility index (Phi) is 2.88. The zero-order valence-corrected chi connectivity index (χ0v) is 6.46. The minimum absolute atomic E-state index is 0.115. The topological polar surface area (TPSA) is 55.5 Å². The van der Waals surface area contributed by atoms with E-state index in [-0.39, 0.29) is 19.0 Å². The first-order chi connectivity index (χ1) is 5.74. The quantitative estimate of drug-likeness (QED) is 0.661. The number of aliphatic hydroxyl groups is 1. The highest BCUT2D eigenvalue weighted by Gasteiger charge is 2.00. The largest absolute Gasteiger partial charge is 0.489 e. The maximum Gasteiger partial charge on any atom is 0.145 e. The van der Waals surface area contributed by atoms with Gasteiger partial charge in [-0.3, -0.25) is 0 Å². The molecule has 0 radical (unpaired) electrons. The third kappa shape index (κ3) is 2.10. The fourth-order valence-corrected chi connectivity index (χ4v) is 0.789. The summed E-state index contributed by atoms with van der Waals surface area (Å²) in [6.07, 6.45) is 0. The normalized spacial score (nSPS) is 9.83. The molecule has 1 aromatic rings. The minimum Gasteiger partial charge on any atom is -0.489 e. The van der Waals surface area contributed by atoms with Crippen LogP contribution in [0.25, 0.3) is 0 Å². The van der Waals surface area contributed by atoms with Crippen molar-refractivity contribution in [3.05, 3.63) is 24.0 Å². The number of benzene rings is 1. The van der Waals surface area contributed by atoms with Gasteiger partial charge in [0.2, 0.25) is 0 Å². The standard InChI is InChI=1S/C8H10FNO2/c9-6-1-2-7(10)8(5-6)12-4-3-11/h1-2,5,11H,3-4,10H2. The van der Waals surface area contributed by atoms with Crippen molar-refractivity contribution in [1.29, 1.82) is 0 Å². The molecule has 0 aliphatic rings. The van der Waals surface area contributed by atoms with Gasteiger partial charge in [-0.1, -0.05) is 0 Å². The molecule has 4 heteroatoms. The van der Waals surface area contributed by atoms with Crippen LogP contribution in [-0.2, 0) is 0 Å². The second kappa shape index (κ2) is 3.92. The van der Waals surface area contributed by atoms with E-state index in [1.807, 2.05) is 0 Å². The molecule has 12 heavy (non-hydrogen) atoms. The lowest BCUT2D eigenvalue weighted by atomic mass is 10.3. The number of hydrogen-bond acceptors (Lipinski definition) is 3. The molecule has 0 heterocycles. The Labute approximate surface area is 69.6 Å². The second-order valence-corrected chi connectivity index (χ2v) is 2.25. The SMILES string of the molecule is Nc1ccc(F)cc1OCCO. The summed E-state index contributed by atoms with van der Waals surface area (Å²) in [6.45, 7) is 0.00358. The molecule has 0 saturated carbocycles. The average molecular weight is 171 g/mol. The Morgan fingerprint density at radius 1 is 1.50 bits per heavy atom. The Morgan fingerprint density at radius 2 is 2.25 bits per heavy atom. The van der Waals surface area contributed by atoms with E-state index in [1.54, 1.807) is 0 Å². The molecule has 0 amide bonds. The van der Waals surface area contributed by atoms with Gasteiger partial charge in [-0.05, 0) is 12.1 Å². The van der Waals surface area contributed by atoms with Crippen LogP contribution in [0.15, 0.2) is 18.2 Å². The number of nitrogen functional groups attached to an aromatic ring is 1. The molecule has 0 spiro atoms. The van der Waals surface area contributed by atoms with Gasteiger partial charge in [-0.2, -0.15) is 0 Å². The summed E-state index contributed by atoms with van der Waals surface area (Å²) in [5, 5.41) is 8.43. The molecule has 0 bridgehead atoms. The van der Waals surface area contributed by atoms with E-state index >= 15 is 0 Å². The summed E-state index contributed by atoms with van der Waals surface area (Å²) in [4.78, 5) is 0. The van der Waals surface area contributed by atoms with Crippen LogP contribution in [0.4, 0.5) is 10.1 Å². The zero-order chi connectivity index (χ0) is 8.97. The van der Waals surface area contributed by atoms with Crippen LogP contribution < -0.4 is 10.5 Å². The van der Waals surface area contributed by atoms with Crippen LogP contribution in [0.5, 0.6) is 5.75 Å². The first kappa shape index (κ1) is 8.80. The lowest BCUT2D eigenvalue weighted by molar-refractivity contribution is 0.201. The van der Waals surface area contributed by atoms with Gasteiger partial charge >= 0.3 is 0 Å². The van der Waals surface area contributed by atoms with Gasteiger partial charge in [0, 0.05) is 6.07 Å². The molecule has 1 rings (SSSR count). The van der Waals surface area contributed by atoms with Crippen molar-refractivity contribution in [2.75, 3.05) is 18.9 Å². The van der Waals surface area contributed by atoms with Crippen LogP contribution >= 0.6 is 0 Å². The Bertz CT molecular complexity index is 265. The Balaban J connectivity index is 2.75. The van der Waals surface area contributed by atoms with Crippen molar-refractivity contribution in [2.45, 2.75) is 0 Å². The predicted octanol–water partition coefficient (Wildman–Crippen LogP) is 0.779. The van der Waals surface area contributed by atoms with Gasteiger partial charge in [-0.15, -0.1) is 0 Å². The molecule has 0 saturated heterocycles. The van der Waals surface area contributed by atoms with Crippen LogP contribution in [-0.4, -0.2) is 18.3 Å². The summed E-state index contributed by atoms with van der Waals surface area (Å²) >= 11 is 0. The molecule has 0 aromatic heterocycles. The van der Waals surface area contributed by atoms with Crippen LogP contribution in [0.2, 0.25) is 0 Å². The molecular formula is C8H10FNO2. The number of ether oxygens (including phenoxy) is 1. The van der Waals surface area contributed by atoms with Crippen LogP contribution in [0.3, 0.4) is 0 Å². The molecular weight excluding hydrogens is 161 g/mol. The molecule has 0 atom stereocenters. The summed E-state index contributed by atoms with van der Waals surface area (Å²) in [6, 6.07) is 3.86. The molecule has 3 N–H and O–H groups in total. The summed E-state index contributed by atoms with van der Waals surface area (Å²) < 4.78 is 17.5. The lowest BCUT2D eigenvalue weighted by Gasteiger charge is -2.06. The molecule has 0 aliphatic heterocycles. The lowest BCUT2D eigenvalue weighted by Crippen LogP contribution is -2.03. The van der Waals surface area contributed by atoms with Gasteiger partial charge in [0.15, 0.2) is 0 Å². The van der Waals surface area contributed by atoms with E-state index < -0.39 is 5.82 Å². The number of anilines is 1. The van der Waals surface area contributed by atoms with Gasteiger partial charge in [0.05, 0.1) is 12.3 Å². The second-order valence-electron chi connectivity index (χ2n) is 2.25. The molecule has 66 valence electrons. The van der Waals surface area contributed by atoms with Crippen molar-refractivity contribution >= 4 is 5.69 Å². The third-order valence-electron chi connectivity index (χ3n) is 1.32. The fraction of sp³-hybridized carbons (Fsp3) is 0.250. The molecule has 0 unspecified atom stereocenters. The Hall–Kier alpha value is -1.29. The van der Waals surface area contributed by atoms with Crippen molar-refractivity contribution in [3.8, 4) is 5.75 Å². The van der Waals surface area contributed by atoms with E-state index in [0.717, 1.165) is 0 Å². The summed E-state index contributed by atoms with van der Waals surface area (Å²) in [7, 11) is 0. The molecule has 3 nitrogen and oxygen atoms in total. The molecule has 1 aromatic carbocycles. The Morgan fingerprint density at radius 3 is 2.92 bits per heavy atom. The van der Waals surface area contributed by atoms with Crippen molar-refractivity contribution in [1.82, 2.24) is 0 Å². The minimum atomic E-state index is -0.405.